The van der Waals surface area contributed by atoms with Crippen LogP contribution in [-0.2, 0) is 21.2 Å². The number of morpholine rings is 1. The van der Waals surface area contributed by atoms with Crippen LogP contribution in [0.25, 0.3) is 11.8 Å². The highest BCUT2D eigenvalue weighted by atomic mass is 32.2. The Kier molecular flexibility index (Phi) is 6.40. The van der Waals surface area contributed by atoms with Crippen LogP contribution in [0.2, 0.25) is 0 Å². The highest BCUT2D eigenvalue weighted by Crippen LogP contribution is 2.46. The minimum absolute atomic E-state index is 0.200. The van der Waals surface area contributed by atoms with Crippen molar-refractivity contribution in [3.63, 3.8) is 0 Å². The third-order valence-corrected chi connectivity index (χ3v) is 9.70. The van der Waals surface area contributed by atoms with E-state index in [2.05, 4.69) is 16.1 Å². The number of hydrogen-bond donors (Lipinski definition) is 0. The molecule has 0 bridgehead atoms. The van der Waals surface area contributed by atoms with Crippen LogP contribution in [0.3, 0.4) is 0 Å². The van der Waals surface area contributed by atoms with E-state index < -0.39 is 15.4 Å². The summed E-state index contributed by atoms with van der Waals surface area (Å²) in [5.41, 5.74) is 4.03. The fourth-order valence-corrected chi connectivity index (χ4v) is 7.40. The molecule has 0 unspecified atom stereocenters. The summed E-state index contributed by atoms with van der Waals surface area (Å²) in [4.78, 5) is 2.57. The molecule has 1 aliphatic carbocycles. The number of sulfonamides is 1. The summed E-state index contributed by atoms with van der Waals surface area (Å²) in [6.07, 6.45) is 5.28. The first-order chi connectivity index (χ1) is 18.4. The Morgan fingerprint density at radius 2 is 1.79 bits per heavy atom. The van der Waals surface area contributed by atoms with Crippen molar-refractivity contribution < 1.29 is 17.5 Å². The maximum absolute atomic E-state index is 13.7. The first kappa shape index (κ1) is 24.9. The Bertz CT molecular complexity index is 1520. The number of piperidine rings is 1. The van der Waals surface area contributed by atoms with Crippen LogP contribution in [0.15, 0.2) is 65.2 Å². The highest BCUT2D eigenvalue weighted by molar-refractivity contribution is 7.89. The minimum atomic E-state index is -3.74. The molecule has 0 amide bonds. The second-order valence-electron chi connectivity index (χ2n) is 10.2. The Labute approximate surface area is 221 Å². The fourth-order valence-electron chi connectivity index (χ4n) is 5.87. The summed E-state index contributed by atoms with van der Waals surface area (Å²) in [5.74, 6) is -0.298. The van der Waals surface area contributed by atoms with Crippen LogP contribution < -0.4 is 0 Å². The molecule has 2 aromatic carbocycles. The SMILES string of the molecule is N#Cc1ccc(S(=O)(=O)N2CCC3=Cc4c(cnn4-c4ccc(F)cc4)C[C@]3(CN3CCOCC3)C2)cc1. The van der Waals surface area contributed by atoms with Gasteiger partial charge in [0.1, 0.15) is 5.82 Å². The molecule has 3 heterocycles. The number of nitrogens with zero attached hydrogens (tertiary/aromatic N) is 5. The van der Waals surface area contributed by atoms with E-state index >= 15 is 0 Å². The molecule has 0 saturated carbocycles. The smallest absolute Gasteiger partial charge is 0.243 e. The van der Waals surface area contributed by atoms with Crippen molar-refractivity contribution in [1.82, 2.24) is 19.0 Å². The number of rotatable bonds is 5. The van der Waals surface area contributed by atoms with Crippen molar-refractivity contribution in [1.29, 1.82) is 5.26 Å². The lowest BCUT2D eigenvalue weighted by Crippen LogP contribution is -2.55. The van der Waals surface area contributed by atoms with Gasteiger partial charge >= 0.3 is 0 Å². The number of benzene rings is 2. The summed E-state index contributed by atoms with van der Waals surface area (Å²) in [7, 11) is -3.74. The quantitative estimate of drug-likeness (QED) is 0.500. The fraction of sp³-hybridized carbons (Fsp3) is 0.357. The van der Waals surface area contributed by atoms with Gasteiger partial charge in [-0.2, -0.15) is 14.7 Å². The maximum atomic E-state index is 13.7. The molecule has 1 atom stereocenters. The topological polar surface area (TPSA) is 91.5 Å². The van der Waals surface area contributed by atoms with E-state index in [9.17, 15) is 12.8 Å². The molecule has 2 aliphatic heterocycles. The van der Waals surface area contributed by atoms with E-state index in [1.165, 1.54) is 29.8 Å². The summed E-state index contributed by atoms with van der Waals surface area (Å²) < 4.78 is 49.9. The van der Waals surface area contributed by atoms with Crippen molar-refractivity contribution in [2.75, 3.05) is 45.9 Å². The standard InChI is InChI=1S/C28H28FN5O3S/c29-24-3-5-25(6-4-24)34-27-15-23-9-10-33(38(35,36)26-7-1-21(17-30)2-8-26)20-28(23,16-22(27)18-31-34)19-32-11-13-37-14-12-32/h1-8,15,18H,9-14,16,19-20H2/t28-/m0/s1. The Morgan fingerprint density at radius 3 is 2.50 bits per heavy atom. The average molecular weight is 534 g/mol. The number of nitriles is 1. The van der Waals surface area contributed by atoms with Crippen molar-refractivity contribution in [2.45, 2.75) is 17.7 Å². The molecule has 0 spiro atoms. The van der Waals surface area contributed by atoms with Gasteiger partial charge in [-0.3, -0.25) is 4.90 Å². The third kappa shape index (κ3) is 4.46. The number of hydrogen-bond acceptors (Lipinski definition) is 6. The molecule has 196 valence electrons. The molecule has 6 rings (SSSR count). The molecular weight excluding hydrogens is 505 g/mol. The van der Waals surface area contributed by atoms with Gasteiger partial charge in [-0.15, -0.1) is 0 Å². The molecule has 0 radical (unpaired) electrons. The molecule has 38 heavy (non-hydrogen) atoms. The van der Waals surface area contributed by atoms with E-state index in [0.717, 1.165) is 36.6 Å². The van der Waals surface area contributed by atoms with Crippen LogP contribution in [0.4, 0.5) is 4.39 Å². The van der Waals surface area contributed by atoms with Crippen molar-refractivity contribution in [3.05, 3.63) is 82.9 Å². The molecule has 0 N–H and O–H groups in total. The van der Waals surface area contributed by atoms with Crippen LogP contribution >= 0.6 is 0 Å². The highest BCUT2D eigenvalue weighted by Gasteiger charge is 2.47. The van der Waals surface area contributed by atoms with Gasteiger partial charge in [0.25, 0.3) is 0 Å². The van der Waals surface area contributed by atoms with Crippen LogP contribution in [-0.4, -0.2) is 73.3 Å². The zero-order chi connectivity index (χ0) is 26.3. The Morgan fingerprint density at radius 1 is 1.05 bits per heavy atom. The van der Waals surface area contributed by atoms with Gasteiger partial charge in [-0.05, 0) is 73.0 Å². The Balaban J connectivity index is 1.36. The Hall–Kier alpha value is -3.36. The van der Waals surface area contributed by atoms with Crippen molar-refractivity contribution in [2.24, 2.45) is 5.41 Å². The molecular formula is C28H28FN5O3S. The zero-order valence-corrected chi connectivity index (χ0v) is 21.7. The normalized spacial score (nSPS) is 22.3. The van der Waals surface area contributed by atoms with Crippen molar-refractivity contribution >= 4 is 16.1 Å². The molecule has 10 heteroatoms. The van der Waals surface area contributed by atoms with Gasteiger partial charge in [0, 0.05) is 38.1 Å². The maximum Gasteiger partial charge on any atom is 0.243 e. The van der Waals surface area contributed by atoms with E-state index in [1.807, 2.05) is 16.9 Å². The molecule has 3 aromatic rings. The largest absolute Gasteiger partial charge is 0.379 e. The summed E-state index contributed by atoms with van der Waals surface area (Å²) in [6, 6.07) is 14.4. The summed E-state index contributed by atoms with van der Waals surface area (Å²) >= 11 is 0. The van der Waals surface area contributed by atoms with E-state index in [-0.39, 0.29) is 10.7 Å². The lowest BCUT2D eigenvalue weighted by atomic mass is 9.68. The second-order valence-corrected chi connectivity index (χ2v) is 12.1. The number of aromatic nitrogens is 2. The van der Waals surface area contributed by atoms with Crippen molar-refractivity contribution in [3.8, 4) is 11.8 Å². The zero-order valence-electron chi connectivity index (χ0n) is 20.9. The van der Waals surface area contributed by atoms with Crippen LogP contribution in [0.1, 0.15) is 23.2 Å². The lowest BCUT2D eigenvalue weighted by Gasteiger charge is -2.48. The summed E-state index contributed by atoms with van der Waals surface area (Å²) in [5, 5.41) is 13.7. The lowest BCUT2D eigenvalue weighted by molar-refractivity contribution is 0.0153. The van der Waals surface area contributed by atoms with Gasteiger partial charge < -0.3 is 4.74 Å². The van der Waals surface area contributed by atoms with Crippen LogP contribution in [0, 0.1) is 22.6 Å². The molecule has 8 nitrogen and oxygen atoms in total. The average Bonchev–Trinajstić information content (AvgIpc) is 3.34. The van der Waals surface area contributed by atoms with Crippen LogP contribution in [0.5, 0.6) is 0 Å². The molecule has 1 aromatic heterocycles. The van der Waals surface area contributed by atoms with E-state index in [1.54, 1.807) is 28.6 Å². The van der Waals surface area contributed by atoms with E-state index in [0.29, 0.717) is 44.7 Å². The molecule has 2 fully saturated rings. The monoisotopic (exact) mass is 533 g/mol. The number of halogens is 1. The van der Waals surface area contributed by atoms with E-state index in [4.69, 9.17) is 10.00 Å². The van der Waals surface area contributed by atoms with Gasteiger partial charge in [-0.25, -0.2) is 17.5 Å². The number of fused-ring (bicyclic) bond motifs is 2. The van der Waals surface area contributed by atoms with Gasteiger partial charge in [0.2, 0.25) is 10.0 Å². The minimum Gasteiger partial charge on any atom is -0.379 e. The predicted molar refractivity (Wildman–Crippen MR) is 139 cm³/mol. The van der Waals surface area contributed by atoms with Gasteiger partial charge in [-0.1, -0.05) is 5.57 Å². The second kappa shape index (κ2) is 9.75. The van der Waals surface area contributed by atoms with Gasteiger partial charge in [0.05, 0.1) is 47.3 Å². The molecule has 2 saturated heterocycles. The third-order valence-electron chi connectivity index (χ3n) is 7.84. The summed E-state index contributed by atoms with van der Waals surface area (Å²) in [6.45, 7) is 4.39. The first-order valence-electron chi connectivity index (χ1n) is 12.7. The first-order valence-corrected chi connectivity index (χ1v) is 14.2. The molecule has 3 aliphatic rings. The predicted octanol–water partition coefficient (Wildman–Crippen LogP) is 3.24. The number of ether oxygens (including phenoxy) is 1. The van der Waals surface area contributed by atoms with Gasteiger partial charge in [0.15, 0.2) is 0 Å².